The van der Waals surface area contributed by atoms with Gasteiger partial charge in [-0.25, -0.2) is 4.79 Å². The summed E-state index contributed by atoms with van der Waals surface area (Å²) in [5.74, 6) is -0.338. The van der Waals surface area contributed by atoms with Crippen LogP contribution in [0.4, 0.5) is 5.69 Å². The molecule has 0 aliphatic carbocycles. The van der Waals surface area contributed by atoms with Crippen molar-refractivity contribution in [2.75, 3.05) is 6.61 Å². The van der Waals surface area contributed by atoms with E-state index >= 15 is 0 Å². The highest BCUT2D eigenvalue weighted by Crippen LogP contribution is 2.43. The Labute approximate surface area is 197 Å². The van der Waals surface area contributed by atoms with E-state index in [0.29, 0.717) is 40.1 Å². The zero-order chi connectivity index (χ0) is 25.2. The molecule has 2 N–H and O–H groups in total. The zero-order valence-electron chi connectivity index (χ0n) is 19.2. The maximum atomic E-state index is 13.4. The minimum atomic E-state index is -0.862. The van der Waals surface area contributed by atoms with Gasteiger partial charge in [0.2, 0.25) is 0 Å². The van der Waals surface area contributed by atoms with Crippen molar-refractivity contribution < 1.29 is 19.9 Å². The number of aromatic hydroxyl groups is 2. The number of ether oxygens (including phenoxy) is 1. The summed E-state index contributed by atoms with van der Waals surface area (Å²) in [4.78, 5) is 37.5. The molecule has 1 atom stereocenters. The topological polar surface area (TPSA) is 142 Å². The van der Waals surface area contributed by atoms with Crippen molar-refractivity contribution >= 4 is 16.6 Å². The van der Waals surface area contributed by atoms with Crippen molar-refractivity contribution in [3.05, 3.63) is 84.2 Å². The molecular weight excluding hydrogens is 456 g/mol. The van der Waals surface area contributed by atoms with E-state index in [9.17, 15) is 29.9 Å². The summed E-state index contributed by atoms with van der Waals surface area (Å²) in [5.41, 5.74) is 1.30. The lowest BCUT2D eigenvalue weighted by Gasteiger charge is -2.28. The Morgan fingerprint density at radius 1 is 1.09 bits per heavy atom. The first-order valence-electron chi connectivity index (χ1n) is 10.8. The van der Waals surface area contributed by atoms with Crippen molar-refractivity contribution in [2.45, 2.75) is 19.6 Å². The van der Waals surface area contributed by atoms with E-state index in [4.69, 9.17) is 4.74 Å². The van der Waals surface area contributed by atoms with Gasteiger partial charge in [-0.15, -0.1) is 0 Å². The Morgan fingerprint density at radius 3 is 2.51 bits per heavy atom. The van der Waals surface area contributed by atoms with E-state index in [0.717, 1.165) is 4.57 Å². The first-order valence-corrected chi connectivity index (χ1v) is 10.8. The molecule has 1 aliphatic heterocycles. The molecule has 4 aromatic rings. The Kier molecular flexibility index (Phi) is 5.02. The molecule has 0 fully saturated rings. The summed E-state index contributed by atoms with van der Waals surface area (Å²) in [5, 5.41) is 32.2. The molecule has 0 saturated carbocycles. The lowest BCUT2D eigenvalue weighted by molar-refractivity contribution is -0.385. The van der Waals surface area contributed by atoms with Gasteiger partial charge in [0, 0.05) is 49.5 Å². The number of nitro groups is 1. The van der Waals surface area contributed by atoms with Crippen LogP contribution in [0.2, 0.25) is 0 Å². The van der Waals surface area contributed by atoms with Crippen LogP contribution in [-0.4, -0.2) is 35.4 Å². The Bertz CT molecular complexity index is 1660. The molecule has 0 amide bonds. The lowest BCUT2D eigenvalue weighted by Crippen LogP contribution is -2.37. The maximum Gasteiger partial charge on any atom is 0.331 e. The molecule has 1 aliphatic rings. The van der Waals surface area contributed by atoms with Gasteiger partial charge in [0.05, 0.1) is 33.8 Å². The van der Waals surface area contributed by atoms with E-state index < -0.39 is 22.3 Å². The van der Waals surface area contributed by atoms with Crippen molar-refractivity contribution in [2.24, 2.45) is 14.1 Å². The molecular formula is C24H22N4O7. The van der Waals surface area contributed by atoms with Gasteiger partial charge >= 0.3 is 5.69 Å². The van der Waals surface area contributed by atoms with Crippen LogP contribution < -0.4 is 11.2 Å². The van der Waals surface area contributed by atoms with Crippen molar-refractivity contribution in [1.82, 2.24) is 13.7 Å². The molecule has 5 rings (SSSR count). The Morgan fingerprint density at radius 2 is 1.83 bits per heavy atom. The molecule has 35 heavy (non-hydrogen) atoms. The predicted molar refractivity (Wildman–Crippen MR) is 127 cm³/mol. The van der Waals surface area contributed by atoms with Crippen LogP contribution in [0.15, 0.2) is 46.0 Å². The highest BCUT2D eigenvalue weighted by molar-refractivity contribution is 5.97. The Balaban J connectivity index is 1.94. The van der Waals surface area contributed by atoms with Crippen LogP contribution in [0.5, 0.6) is 11.5 Å². The fourth-order valence-electron chi connectivity index (χ4n) is 4.82. The Hall–Kier alpha value is -4.38. The number of aromatic nitrogens is 3. The highest BCUT2D eigenvalue weighted by Gasteiger charge is 2.34. The number of phenolic OH excluding ortho intramolecular Hbond substituents is 2. The number of hydrogen-bond donors (Lipinski definition) is 2. The number of benzene rings is 2. The second kappa shape index (κ2) is 7.84. The number of nitrogens with zero attached hydrogens (tertiary/aromatic N) is 4. The fourth-order valence-corrected chi connectivity index (χ4v) is 4.82. The number of aryl methyl sites for hydroxylation is 2. The molecule has 0 saturated heterocycles. The van der Waals surface area contributed by atoms with E-state index in [-0.39, 0.29) is 29.2 Å². The van der Waals surface area contributed by atoms with Crippen molar-refractivity contribution in [3.8, 4) is 22.8 Å². The smallest absolute Gasteiger partial charge is 0.331 e. The number of nitro benzene ring substituents is 1. The minimum Gasteiger partial charge on any atom is -0.508 e. The third kappa shape index (κ3) is 3.23. The summed E-state index contributed by atoms with van der Waals surface area (Å²) in [6.45, 7) is 2.16. The van der Waals surface area contributed by atoms with Gasteiger partial charge in [-0.3, -0.25) is 24.0 Å². The first-order chi connectivity index (χ1) is 16.6. The summed E-state index contributed by atoms with van der Waals surface area (Å²) >= 11 is 0. The molecule has 2 aromatic carbocycles. The molecule has 3 heterocycles. The number of fused-ring (bicyclic) bond motifs is 3. The van der Waals surface area contributed by atoms with Crippen LogP contribution in [-0.2, 0) is 25.4 Å². The van der Waals surface area contributed by atoms with Gasteiger partial charge in [0.25, 0.3) is 11.2 Å². The lowest BCUT2D eigenvalue weighted by atomic mass is 10.0. The van der Waals surface area contributed by atoms with Crippen LogP contribution in [0, 0.1) is 17.0 Å². The van der Waals surface area contributed by atoms with E-state index in [2.05, 4.69) is 0 Å². The molecule has 11 heteroatoms. The third-order valence-electron chi connectivity index (χ3n) is 6.53. The fraction of sp³-hybridized carbons (Fsp3) is 0.250. The molecule has 2 aromatic heterocycles. The number of rotatable bonds is 3. The highest BCUT2D eigenvalue weighted by atomic mass is 16.6. The van der Waals surface area contributed by atoms with E-state index in [1.807, 2.05) is 4.57 Å². The summed E-state index contributed by atoms with van der Waals surface area (Å²) in [6.07, 6.45) is -0.862. The normalized spacial score (nSPS) is 15.3. The van der Waals surface area contributed by atoms with E-state index in [1.54, 1.807) is 19.1 Å². The molecule has 0 bridgehead atoms. The summed E-state index contributed by atoms with van der Waals surface area (Å²) in [7, 11) is 2.91. The second-order valence-electron chi connectivity index (χ2n) is 8.57. The van der Waals surface area contributed by atoms with Crippen LogP contribution in [0.25, 0.3) is 22.2 Å². The number of hydrogen-bond acceptors (Lipinski definition) is 7. The molecule has 0 unspecified atom stereocenters. The monoisotopic (exact) mass is 478 g/mol. The van der Waals surface area contributed by atoms with Gasteiger partial charge in [-0.2, -0.15) is 0 Å². The third-order valence-corrected chi connectivity index (χ3v) is 6.53. The molecule has 11 nitrogen and oxygen atoms in total. The maximum absolute atomic E-state index is 13.4. The molecule has 180 valence electrons. The van der Waals surface area contributed by atoms with Crippen LogP contribution in [0.1, 0.15) is 22.9 Å². The second-order valence-corrected chi connectivity index (χ2v) is 8.57. The average molecular weight is 478 g/mol. The average Bonchev–Trinajstić information content (AvgIpc) is 3.17. The SMILES string of the molecule is Cc1ccc(-c2c3c(=O)n(C)c(=O)n(C)c3c3n2CCO[C@H]3c2ccc(O)cc2O)cc1[N+](=O)[O-]. The van der Waals surface area contributed by atoms with Gasteiger partial charge in [0.1, 0.15) is 17.6 Å². The van der Waals surface area contributed by atoms with Gasteiger partial charge in [0.15, 0.2) is 0 Å². The molecule has 0 radical (unpaired) electrons. The van der Waals surface area contributed by atoms with Crippen LogP contribution >= 0.6 is 0 Å². The minimum absolute atomic E-state index is 0.0902. The largest absolute Gasteiger partial charge is 0.508 e. The van der Waals surface area contributed by atoms with Gasteiger partial charge in [-0.05, 0) is 19.1 Å². The summed E-state index contributed by atoms with van der Waals surface area (Å²) < 4.78 is 10.2. The van der Waals surface area contributed by atoms with Crippen molar-refractivity contribution in [3.63, 3.8) is 0 Å². The van der Waals surface area contributed by atoms with Crippen molar-refractivity contribution in [1.29, 1.82) is 0 Å². The summed E-state index contributed by atoms with van der Waals surface area (Å²) in [6, 6.07) is 8.85. The molecule has 0 spiro atoms. The first kappa shape index (κ1) is 22.4. The van der Waals surface area contributed by atoms with Gasteiger partial charge < -0.3 is 19.5 Å². The quantitative estimate of drug-likeness (QED) is 0.340. The zero-order valence-corrected chi connectivity index (χ0v) is 19.2. The predicted octanol–water partition coefficient (Wildman–Crippen LogP) is 2.45. The van der Waals surface area contributed by atoms with Crippen LogP contribution in [0.3, 0.4) is 0 Å². The number of phenols is 2. The standard InChI is InChI=1S/C24H22N4O7/c1-12-4-5-13(10-16(12)28(33)34)19-18-20(25(2)24(32)26(3)23(18)31)21-22(35-9-8-27(19)21)15-7-6-14(29)11-17(15)30/h4-7,10-11,22,29-30H,8-9H2,1-3H3/t22-/m0/s1. The van der Waals surface area contributed by atoms with Gasteiger partial charge in [-0.1, -0.05) is 12.1 Å². The van der Waals surface area contributed by atoms with E-state index in [1.165, 1.54) is 42.9 Å².